The van der Waals surface area contributed by atoms with E-state index in [0.29, 0.717) is 19.1 Å². The van der Waals surface area contributed by atoms with Crippen LogP contribution in [0.25, 0.3) is 4.96 Å². The zero-order valence-electron chi connectivity index (χ0n) is 11.9. The molecule has 1 fully saturated rings. The highest BCUT2D eigenvalue weighted by Crippen LogP contribution is 2.17. The van der Waals surface area contributed by atoms with Gasteiger partial charge in [-0.25, -0.2) is 4.98 Å². The van der Waals surface area contributed by atoms with Crippen molar-refractivity contribution in [3.05, 3.63) is 23.5 Å². The van der Waals surface area contributed by atoms with Crippen LogP contribution < -0.4 is 0 Å². The molecule has 2 unspecified atom stereocenters. The Morgan fingerprint density at radius 1 is 1.55 bits per heavy atom. The second kappa shape index (κ2) is 5.81. The van der Waals surface area contributed by atoms with Crippen LogP contribution in [0.4, 0.5) is 0 Å². The Morgan fingerprint density at radius 2 is 2.40 bits per heavy atom. The molecule has 6 heteroatoms. The maximum absolute atomic E-state index is 10.4. The van der Waals surface area contributed by atoms with Gasteiger partial charge in [0.2, 0.25) is 0 Å². The number of fused-ring (bicyclic) bond motifs is 1. The third-order valence-electron chi connectivity index (χ3n) is 3.85. The Bertz CT molecular complexity index is 537. The Hall–Kier alpha value is -0.950. The molecule has 1 saturated heterocycles. The van der Waals surface area contributed by atoms with Crippen LogP contribution in [-0.4, -0.2) is 57.3 Å². The summed E-state index contributed by atoms with van der Waals surface area (Å²) in [6.07, 6.45) is 3.90. The molecule has 0 bridgehead atoms. The molecular formula is C14H21N3O2S. The van der Waals surface area contributed by atoms with E-state index in [1.54, 1.807) is 11.3 Å². The molecule has 0 amide bonds. The summed E-state index contributed by atoms with van der Waals surface area (Å²) in [7, 11) is 0. The summed E-state index contributed by atoms with van der Waals surface area (Å²) in [6.45, 7) is 6.79. The van der Waals surface area contributed by atoms with Crippen molar-refractivity contribution in [2.45, 2.75) is 38.5 Å². The maximum Gasteiger partial charge on any atom is 0.193 e. The van der Waals surface area contributed by atoms with E-state index in [-0.39, 0.29) is 6.10 Å². The molecule has 2 aromatic rings. The summed E-state index contributed by atoms with van der Waals surface area (Å²) in [6, 6.07) is 0.492. The van der Waals surface area contributed by atoms with Gasteiger partial charge in [-0.3, -0.25) is 9.30 Å². The smallest absolute Gasteiger partial charge is 0.193 e. The maximum atomic E-state index is 10.4. The fourth-order valence-electron chi connectivity index (χ4n) is 2.62. The minimum atomic E-state index is -0.499. The van der Waals surface area contributed by atoms with Crippen molar-refractivity contribution < 1.29 is 9.84 Å². The average molecular weight is 295 g/mol. The number of aliphatic hydroxyl groups is 1. The highest BCUT2D eigenvalue weighted by atomic mass is 32.1. The van der Waals surface area contributed by atoms with Gasteiger partial charge >= 0.3 is 0 Å². The highest BCUT2D eigenvalue weighted by Gasteiger charge is 2.28. The average Bonchev–Trinajstić information content (AvgIpc) is 2.99. The molecule has 1 N–H and O–H groups in total. The first-order valence-corrected chi connectivity index (χ1v) is 7.96. The number of nitrogens with zero attached hydrogens (tertiary/aromatic N) is 3. The molecule has 1 aliphatic heterocycles. The minimum Gasteiger partial charge on any atom is -0.390 e. The molecule has 110 valence electrons. The lowest BCUT2D eigenvalue weighted by atomic mass is 10.1. The van der Waals surface area contributed by atoms with Crippen LogP contribution in [0.15, 0.2) is 17.8 Å². The Labute approximate surface area is 122 Å². The van der Waals surface area contributed by atoms with Crippen molar-refractivity contribution in [1.82, 2.24) is 14.3 Å². The van der Waals surface area contributed by atoms with Crippen molar-refractivity contribution in [3.8, 4) is 0 Å². The number of morpholine rings is 1. The van der Waals surface area contributed by atoms with Crippen molar-refractivity contribution in [2.75, 3.05) is 19.7 Å². The van der Waals surface area contributed by atoms with E-state index in [2.05, 4.69) is 23.7 Å². The topological polar surface area (TPSA) is 50.0 Å². The lowest BCUT2D eigenvalue weighted by Gasteiger charge is -2.37. The number of rotatable bonds is 4. The molecule has 2 aromatic heterocycles. The van der Waals surface area contributed by atoms with Gasteiger partial charge < -0.3 is 9.84 Å². The second-order valence-electron chi connectivity index (χ2n) is 5.59. The molecule has 5 nitrogen and oxygen atoms in total. The zero-order valence-corrected chi connectivity index (χ0v) is 12.7. The third kappa shape index (κ3) is 2.88. The lowest BCUT2D eigenvalue weighted by Crippen LogP contribution is -2.50. The first kappa shape index (κ1) is 14.0. The summed E-state index contributed by atoms with van der Waals surface area (Å²) in [5.41, 5.74) is 0.926. The summed E-state index contributed by atoms with van der Waals surface area (Å²) >= 11 is 1.61. The predicted molar refractivity (Wildman–Crippen MR) is 79.2 cm³/mol. The molecule has 3 heterocycles. The fourth-order valence-corrected chi connectivity index (χ4v) is 3.34. The number of hydrogen-bond acceptors (Lipinski definition) is 5. The van der Waals surface area contributed by atoms with E-state index in [0.717, 1.165) is 23.7 Å². The number of imidazole rings is 1. The fraction of sp³-hybridized carbons (Fsp3) is 0.643. The van der Waals surface area contributed by atoms with Gasteiger partial charge in [-0.05, 0) is 13.8 Å². The van der Waals surface area contributed by atoms with Crippen LogP contribution in [0.2, 0.25) is 0 Å². The van der Waals surface area contributed by atoms with E-state index < -0.39 is 6.10 Å². The van der Waals surface area contributed by atoms with Crippen molar-refractivity contribution in [1.29, 1.82) is 0 Å². The minimum absolute atomic E-state index is 0.120. The number of ether oxygens (including phenoxy) is 1. The van der Waals surface area contributed by atoms with Crippen LogP contribution in [0.5, 0.6) is 0 Å². The van der Waals surface area contributed by atoms with Gasteiger partial charge in [-0.2, -0.15) is 0 Å². The van der Waals surface area contributed by atoms with Gasteiger partial charge in [0.05, 0.1) is 24.5 Å². The number of thiazole rings is 1. The van der Waals surface area contributed by atoms with Gasteiger partial charge in [0.1, 0.15) is 0 Å². The molecule has 0 radical (unpaired) electrons. The van der Waals surface area contributed by atoms with E-state index in [1.165, 1.54) is 0 Å². The van der Waals surface area contributed by atoms with Crippen molar-refractivity contribution >= 4 is 16.3 Å². The lowest BCUT2D eigenvalue weighted by molar-refractivity contribution is -0.0942. The molecule has 2 atom stereocenters. The second-order valence-corrected chi connectivity index (χ2v) is 6.47. The van der Waals surface area contributed by atoms with E-state index in [9.17, 15) is 5.11 Å². The van der Waals surface area contributed by atoms with Crippen LogP contribution in [0.1, 0.15) is 19.5 Å². The van der Waals surface area contributed by atoms with E-state index in [4.69, 9.17) is 4.74 Å². The molecule has 1 aliphatic rings. The summed E-state index contributed by atoms with van der Waals surface area (Å²) in [4.78, 5) is 7.84. The molecule has 20 heavy (non-hydrogen) atoms. The van der Waals surface area contributed by atoms with Gasteiger partial charge in [0.15, 0.2) is 4.96 Å². The Balaban J connectivity index is 1.63. The van der Waals surface area contributed by atoms with Crippen LogP contribution in [0.3, 0.4) is 0 Å². The number of aliphatic hydroxyl groups excluding tert-OH is 1. The van der Waals surface area contributed by atoms with Gasteiger partial charge in [-0.1, -0.05) is 0 Å². The van der Waals surface area contributed by atoms with E-state index >= 15 is 0 Å². The molecule has 0 aliphatic carbocycles. The monoisotopic (exact) mass is 295 g/mol. The van der Waals surface area contributed by atoms with E-state index in [1.807, 2.05) is 22.2 Å². The Morgan fingerprint density at radius 3 is 3.15 bits per heavy atom. The highest BCUT2D eigenvalue weighted by molar-refractivity contribution is 7.15. The van der Waals surface area contributed by atoms with Crippen LogP contribution in [-0.2, 0) is 11.2 Å². The summed E-state index contributed by atoms with van der Waals surface area (Å²) in [5.74, 6) is 0. The number of hydrogen-bond donors (Lipinski definition) is 1. The van der Waals surface area contributed by atoms with Crippen LogP contribution >= 0.6 is 11.3 Å². The molecular weight excluding hydrogens is 274 g/mol. The van der Waals surface area contributed by atoms with Gasteiger partial charge in [-0.15, -0.1) is 11.3 Å². The molecule has 0 aromatic carbocycles. The van der Waals surface area contributed by atoms with Crippen molar-refractivity contribution in [3.63, 3.8) is 0 Å². The Kier molecular flexibility index (Phi) is 4.07. The SMILES string of the molecule is CC(C)N1CCOC(C(O)Cc2cn3ccsc3n2)C1. The molecule has 3 rings (SSSR count). The quantitative estimate of drug-likeness (QED) is 0.926. The zero-order chi connectivity index (χ0) is 14.1. The normalized spacial score (nSPS) is 22.7. The van der Waals surface area contributed by atoms with Crippen molar-refractivity contribution in [2.24, 2.45) is 0 Å². The first-order valence-electron chi connectivity index (χ1n) is 7.08. The first-order chi connectivity index (χ1) is 9.63. The standard InChI is InChI=1S/C14H21N3O2S/c1-10(2)16-3-5-19-13(9-16)12(18)7-11-8-17-4-6-20-14(17)15-11/h4,6,8,10,12-13,18H,3,5,7,9H2,1-2H3. The molecule has 0 saturated carbocycles. The van der Waals surface area contributed by atoms with Gasteiger partial charge in [0, 0.05) is 43.3 Å². The van der Waals surface area contributed by atoms with Gasteiger partial charge in [0.25, 0.3) is 0 Å². The third-order valence-corrected chi connectivity index (χ3v) is 4.62. The number of aromatic nitrogens is 2. The summed E-state index contributed by atoms with van der Waals surface area (Å²) < 4.78 is 7.72. The predicted octanol–water partition coefficient (Wildman–Crippen LogP) is 1.41. The largest absolute Gasteiger partial charge is 0.390 e. The summed E-state index contributed by atoms with van der Waals surface area (Å²) in [5, 5.41) is 12.4. The van der Waals surface area contributed by atoms with Crippen LogP contribution in [0, 0.1) is 0 Å². The molecule has 0 spiro atoms.